The van der Waals surface area contributed by atoms with Crippen LogP contribution in [0.15, 0.2) is 0 Å². The van der Waals surface area contributed by atoms with E-state index >= 15 is 0 Å². The summed E-state index contributed by atoms with van der Waals surface area (Å²) >= 11 is 5.01. The molecule has 0 aromatic heterocycles. The van der Waals surface area contributed by atoms with Crippen LogP contribution in [0.1, 0.15) is 0 Å². The van der Waals surface area contributed by atoms with Crippen LogP contribution in [0.3, 0.4) is 0 Å². The molecular weight excluding hydrogens is 103 g/mol. The van der Waals surface area contributed by atoms with Crippen molar-refractivity contribution in [3.63, 3.8) is 0 Å². The van der Waals surface area contributed by atoms with Gasteiger partial charge in [0.05, 0.1) is 0 Å². The van der Waals surface area contributed by atoms with E-state index in [1.165, 1.54) is 0 Å². The molecule has 0 heterocycles. The number of halogens is 1. The van der Waals surface area contributed by atoms with Crippen LogP contribution in [0.4, 0.5) is 0 Å². The highest BCUT2D eigenvalue weighted by molar-refractivity contribution is 6.20. The third-order valence-electron chi connectivity index (χ3n) is 0.203. The van der Waals surface area contributed by atoms with Gasteiger partial charge in [-0.1, -0.05) is 11.6 Å². The number of alkyl halides is 1. The second-order valence-electron chi connectivity index (χ2n) is 0.642. The van der Waals surface area contributed by atoms with E-state index in [1.807, 2.05) is 0 Å². The summed E-state index contributed by atoms with van der Waals surface area (Å²) < 4.78 is 4.02. The molecule has 0 aromatic rings. The summed E-state index contributed by atoms with van der Waals surface area (Å²) in [5.41, 5.74) is -0.748. The maximum atomic E-state index is 9.27. The zero-order valence-corrected chi connectivity index (χ0v) is 3.81. The minimum Gasteiger partial charge on any atom is -0.448 e. The van der Waals surface area contributed by atoms with Crippen LogP contribution < -0.4 is 0 Å². The molecule has 0 saturated carbocycles. The van der Waals surface area contributed by atoms with Gasteiger partial charge in [0.25, 0.3) is 6.47 Å². The Labute approximate surface area is 41.0 Å². The predicted octanol–water partition coefficient (Wildman–Crippen LogP) is 0.558. The highest BCUT2D eigenvalue weighted by Gasteiger charge is 1.87. The van der Waals surface area contributed by atoms with Crippen LogP contribution >= 0.6 is 11.6 Å². The number of ether oxygens (including phenoxy) is 1. The average molecular weight is 108 g/mol. The molecule has 0 N–H and O–H groups in total. The van der Waals surface area contributed by atoms with Crippen LogP contribution in [0.5, 0.6) is 0 Å². The van der Waals surface area contributed by atoms with Crippen molar-refractivity contribution in [1.82, 2.24) is 0 Å². The molecular formula is C3H4ClO2. The molecule has 0 spiro atoms. The molecule has 0 aliphatic heterocycles. The van der Waals surface area contributed by atoms with Crippen molar-refractivity contribution in [1.29, 1.82) is 0 Å². The van der Waals surface area contributed by atoms with Crippen molar-refractivity contribution in [3.05, 3.63) is 6.92 Å². The Balaban J connectivity index is 2.81. The first kappa shape index (κ1) is 5.76. The monoisotopic (exact) mass is 107 g/mol. The summed E-state index contributed by atoms with van der Waals surface area (Å²) in [5, 5.41) is 0. The number of hydrogen-bond acceptors (Lipinski definition) is 2. The van der Waals surface area contributed by atoms with Crippen molar-refractivity contribution in [2.45, 2.75) is 5.56 Å². The van der Waals surface area contributed by atoms with E-state index in [-0.39, 0.29) is 6.47 Å². The van der Waals surface area contributed by atoms with Gasteiger partial charge < -0.3 is 4.74 Å². The molecule has 0 amide bonds. The van der Waals surface area contributed by atoms with Gasteiger partial charge in [0.1, 0.15) is 0 Å². The van der Waals surface area contributed by atoms with E-state index in [2.05, 4.69) is 11.7 Å². The second-order valence-corrected chi connectivity index (χ2v) is 1.13. The first-order valence-electron chi connectivity index (χ1n) is 1.33. The Morgan fingerprint density at radius 1 is 2.00 bits per heavy atom. The smallest absolute Gasteiger partial charge is 0.294 e. The lowest BCUT2D eigenvalue weighted by molar-refractivity contribution is -0.128. The fourth-order valence-electron chi connectivity index (χ4n) is 0.0603. The topological polar surface area (TPSA) is 26.3 Å². The molecule has 2 nitrogen and oxygen atoms in total. The summed E-state index contributed by atoms with van der Waals surface area (Å²) in [6.45, 7) is 3.39. The number of carbonyl (C=O) groups excluding carboxylic acids is 1. The summed E-state index contributed by atoms with van der Waals surface area (Å²) in [7, 11) is 0. The van der Waals surface area contributed by atoms with Crippen molar-refractivity contribution < 1.29 is 9.53 Å². The van der Waals surface area contributed by atoms with E-state index in [9.17, 15) is 4.79 Å². The van der Waals surface area contributed by atoms with Gasteiger partial charge in [-0.05, 0) is 0 Å². The maximum Gasteiger partial charge on any atom is 0.294 e. The van der Waals surface area contributed by atoms with Gasteiger partial charge in [0, 0.05) is 6.92 Å². The van der Waals surface area contributed by atoms with Gasteiger partial charge in [0.2, 0.25) is 0 Å². The maximum absolute atomic E-state index is 9.27. The van der Waals surface area contributed by atoms with Crippen LogP contribution in [-0.2, 0) is 9.53 Å². The molecule has 0 aromatic carbocycles. The normalized spacial score (nSPS) is 13.0. The molecule has 0 bridgehead atoms. The third-order valence-corrected chi connectivity index (χ3v) is 0.306. The quantitative estimate of drug-likeness (QED) is 0.381. The van der Waals surface area contributed by atoms with Gasteiger partial charge >= 0.3 is 0 Å². The molecule has 3 heteroatoms. The number of rotatable bonds is 2. The van der Waals surface area contributed by atoms with Crippen molar-refractivity contribution in [2.24, 2.45) is 0 Å². The number of hydrogen-bond donors (Lipinski definition) is 0. The lowest BCUT2D eigenvalue weighted by Gasteiger charge is -1.93. The minimum absolute atomic E-state index is 0.255. The summed E-state index contributed by atoms with van der Waals surface area (Å²) in [6, 6.07) is 0. The molecule has 0 rings (SSSR count). The summed E-state index contributed by atoms with van der Waals surface area (Å²) in [5.74, 6) is 0. The van der Waals surface area contributed by atoms with E-state index in [0.29, 0.717) is 0 Å². The van der Waals surface area contributed by atoms with Crippen LogP contribution in [0, 0.1) is 6.92 Å². The van der Waals surface area contributed by atoms with Crippen LogP contribution in [0.25, 0.3) is 0 Å². The third kappa shape index (κ3) is 3.76. The van der Waals surface area contributed by atoms with Crippen LogP contribution in [0.2, 0.25) is 0 Å². The molecule has 0 saturated heterocycles. The molecule has 0 fully saturated rings. The zero-order chi connectivity index (χ0) is 4.99. The lowest BCUT2D eigenvalue weighted by Crippen LogP contribution is -1.94. The predicted molar refractivity (Wildman–Crippen MR) is 22.1 cm³/mol. The van der Waals surface area contributed by atoms with Crippen LogP contribution in [-0.4, -0.2) is 12.0 Å². The Bertz CT molecular complexity index is 44.1. The first-order valence-corrected chi connectivity index (χ1v) is 1.77. The zero-order valence-electron chi connectivity index (χ0n) is 3.06. The van der Waals surface area contributed by atoms with E-state index in [0.717, 1.165) is 0 Å². The Hall–Kier alpha value is -0.240. The molecule has 1 unspecified atom stereocenters. The number of carbonyl (C=O) groups is 1. The Morgan fingerprint density at radius 3 is 2.50 bits per heavy atom. The largest absolute Gasteiger partial charge is 0.448 e. The molecule has 1 atom stereocenters. The van der Waals surface area contributed by atoms with E-state index in [4.69, 9.17) is 11.6 Å². The van der Waals surface area contributed by atoms with Crippen molar-refractivity contribution >= 4 is 18.1 Å². The van der Waals surface area contributed by atoms with Crippen molar-refractivity contribution in [3.8, 4) is 0 Å². The van der Waals surface area contributed by atoms with Gasteiger partial charge in [-0.25, -0.2) is 0 Å². The summed E-state index contributed by atoms with van der Waals surface area (Å²) in [6.07, 6.45) is 0. The molecule has 1 radical (unpaired) electrons. The van der Waals surface area contributed by atoms with Gasteiger partial charge in [-0.2, -0.15) is 0 Å². The highest BCUT2D eigenvalue weighted by atomic mass is 35.5. The average Bonchev–Trinajstić information content (AvgIpc) is 1.35. The second kappa shape index (κ2) is 2.97. The fourth-order valence-corrected chi connectivity index (χ4v) is 0.102. The summed E-state index contributed by atoms with van der Waals surface area (Å²) in [4.78, 5) is 9.27. The standard InChI is InChI=1S/C3H4ClO2/c1-3(4)6-2-5/h2-3H,1H2. The first-order chi connectivity index (χ1) is 2.77. The molecule has 0 aliphatic rings. The molecule has 0 aliphatic carbocycles. The highest BCUT2D eigenvalue weighted by Crippen LogP contribution is 1.89. The van der Waals surface area contributed by atoms with E-state index < -0.39 is 5.56 Å². The van der Waals surface area contributed by atoms with Crippen molar-refractivity contribution in [2.75, 3.05) is 0 Å². The fraction of sp³-hybridized carbons (Fsp3) is 0.333. The molecule has 35 valence electrons. The molecule has 6 heavy (non-hydrogen) atoms. The Morgan fingerprint density at radius 2 is 2.50 bits per heavy atom. The SMILES string of the molecule is [CH2]C(Cl)OC=O. The lowest BCUT2D eigenvalue weighted by atomic mass is 10.9. The minimum atomic E-state index is -0.748. The van der Waals surface area contributed by atoms with Gasteiger partial charge in [-0.15, -0.1) is 0 Å². The Kier molecular flexibility index (Phi) is 2.85. The van der Waals surface area contributed by atoms with Gasteiger partial charge in [0.15, 0.2) is 5.56 Å². The van der Waals surface area contributed by atoms with Gasteiger partial charge in [-0.3, -0.25) is 4.79 Å². The van der Waals surface area contributed by atoms with E-state index in [1.54, 1.807) is 0 Å².